The minimum absolute atomic E-state index is 0.0185. The average Bonchev–Trinajstić information content (AvgIpc) is 3.34. The van der Waals surface area contributed by atoms with Gasteiger partial charge >= 0.3 is 0 Å². The molecule has 138 valence electrons. The molecule has 4 aromatic heterocycles. The summed E-state index contributed by atoms with van der Waals surface area (Å²) in [6.07, 6.45) is 3.64. The first-order chi connectivity index (χ1) is 13.5. The van der Waals surface area contributed by atoms with Gasteiger partial charge < -0.3 is 0 Å². The molecule has 0 fully saturated rings. The molecule has 0 spiro atoms. The Kier molecular flexibility index (Phi) is 3.55. The summed E-state index contributed by atoms with van der Waals surface area (Å²) in [6, 6.07) is 14.2. The number of pyridine rings is 2. The van der Waals surface area contributed by atoms with E-state index in [0.29, 0.717) is 0 Å². The number of nitrogens with zero attached hydrogens (tertiary/aromatic N) is 4. The van der Waals surface area contributed by atoms with Gasteiger partial charge in [0.2, 0.25) is 0 Å². The molecule has 0 aliphatic carbocycles. The molecule has 6 heteroatoms. The first-order valence-electron chi connectivity index (χ1n) is 9.25. The first-order valence-corrected chi connectivity index (χ1v) is 9.25. The van der Waals surface area contributed by atoms with E-state index in [9.17, 15) is 0 Å². The highest BCUT2D eigenvalue weighted by Gasteiger charge is 2.20. The van der Waals surface area contributed by atoms with Gasteiger partial charge in [0, 0.05) is 34.3 Å². The molecule has 0 aliphatic heterocycles. The van der Waals surface area contributed by atoms with Crippen LogP contribution in [0.3, 0.4) is 0 Å². The molecule has 2 N–H and O–H groups in total. The lowest BCUT2D eigenvalue weighted by Crippen LogP contribution is -2.11. The number of rotatable bonds is 2. The van der Waals surface area contributed by atoms with E-state index in [1.54, 1.807) is 6.20 Å². The number of H-pyrrole nitrogens is 2. The predicted molar refractivity (Wildman–Crippen MR) is 111 cm³/mol. The van der Waals surface area contributed by atoms with E-state index in [4.69, 9.17) is 4.98 Å². The third-order valence-corrected chi connectivity index (χ3v) is 4.98. The highest BCUT2D eigenvalue weighted by atomic mass is 15.1. The Bertz CT molecular complexity index is 1310. The molecule has 28 heavy (non-hydrogen) atoms. The van der Waals surface area contributed by atoms with Crippen LogP contribution in [-0.4, -0.2) is 30.4 Å². The van der Waals surface area contributed by atoms with E-state index < -0.39 is 0 Å². The maximum absolute atomic E-state index is 4.95. The molecule has 0 aliphatic rings. The number of hydrogen-bond acceptors (Lipinski definition) is 4. The summed E-state index contributed by atoms with van der Waals surface area (Å²) in [7, 11) is 0. The monoisotopic (exact) mass is 368 g/mol. The second-order valence-corrected chi connectivity index (χ2v) is 7.99. The Morgan fingerprint density at radius 2 is 1.68 bits per heavy atom. The van der Waals surface area contributed by atoms with Crippen molar-refractivity contribution in [2.75, 3.05) is 0 Å². The fourth-order valence-corrected chi connectivity index (χ4v) is 3.39. The van der Waals surface area contributed by atoms with Gasteiger partial charge in [-0.05, 0) is 29.7 Å². The van der Waals surface area contributed by atoms with Gasteiger partial charge in [-0.2, -0.15) is 10.2 Å². The lowest BCUT2D eigenvalue weighted by atomic mass is 9.92. The van der Waals surface area contributed by atoms with Crippen molar-refractivity contribution in [3.05, 3.63) is 60.6 Å². The predicted octanol–water partition coefficient (Wildman–Crippen LogP) is 4.86. The smallest absolute Gasteiger partial charge is 0.118 e. The average molecular weight is 368 g/mol. The van der Waals surface area contributed by atoms with E-state index in [0.717, 1.165) is 50.1 Å². The van der Waals surface area contributed by atoms with Crippen LogP contribution in [-0.2, 0) is 5.41 Å². The minimum Gasteiger partial charge on any atom is -0.281 e. The van der Waals surface area contributed by atoms with E-state index in [1.807, 2.05) is 30.5 Å². The number of para-hydroxylation sites is 1. The molecule has 4 heterocycles. The Hall–Kier alpha value is -3.54. The van der Waals surface area contributed by atoms with Gasteiger partial charge in [0.05, 0.1) is 11.2 Å². The van der Waals surface area contributed by atoms with E-state index in [-0.39, 0.29) is 5.41 Å². The Balaban J connectivity index is 1.76. The zero-order chi connectivity index (χ0) is 19.3. The Morgan fingerprint density at radius 1 is 0.821 bits per heavy atom. The van der Waals surface area contributed by atoms with Crippen LogP contribution in [0.15, 0.2) is 54.9 Å². The lowest BCUT2D eigenvalue weighted by molar-refractivity contribution is 0.567. The van der Waals surface area contributed by atoms with Crippen molar-refractivity contribution in [3.63, 3.8) is 0 Å². The first kappa shape index (κ1) is 16.6. The number of benzene rings is 1. The zero-order valence-corrected chi connectivity index (χ0v) is 16.0. The third kappa shape index (κ3) is 2.65. The number of aromatic nitrogens is 6. The summed E-state index contributed by atoms with van der Waals surface area (Å²) in [6.45, 7) is 6.47. The van der Waals surface area contributed by atoms with E-state index in [1.165, 1.54) is 0 Å². The lowest BCUT2D eigenvalue weighted by Gasteiger charge is -2.14. The van der Waals surface area contributed by atoms with Gasteiger partial charge in [0.25, 0.3) is 0 Å². The van der Waals surface area contributed by atoms with Crippen LogP contribution in [0, 0.1) is 0 Å². The summed E-state index contributed by atoms with van der Waals surface area (Å²) in [5, 5.41) is 18.4. The molecular formula is C22H20N6. The topological polar surface area (TPSA) is 83.1 Å². The number of nitrogens with one attached hydrogen (secondary N) is 2. The summed E-state index contributed by atoms with van der Waals surface area (Å²) >= 11 is 0. The number of fused-ring (bicyclic) bond motifs is 2. The van der Waals surface area contributed by atoms with Gasteiger partial charge in [-0.1, -0.05) is 39.0 Å². The van der Waals surface area contributed by atoms with Gasteiger partial charge in [-0.25, -0.2) is 4.98 Å². The van der Waals surface area contributed by atoms with Crippen LogP contribution >= 0.6 is 0 Å². The fraction of sp³-hybridized carbons (Fsp3) is 0.182. The van der Waals surface area contributed by atoms with Crippen molar-refractivity contribution in [3.8, 4) is 22.8 Å². The van der Waals surface area contributed by atoms with Crippen LogP contribution in [0.2, 0.25) is 0 Å². The van der Waals surface area contributed by atoms with Gasteiger partial charge in [0.15, 0.2) is 0 Å². The van der Waals surface area contributed by atoms with Crippen molar-refractivity contribution in [2.45, 2.75) is 26.2 Å². The molecule has 6 nitrogen and oxygen atoms in total. The van der Waals surface area contributed by atoms with E-state index >= 15 is 0 Å². The number of aromatic amines is 2. The molecule has 1 aromatic carbocycles. The standard InChI is InChI=1S/C22H20N6/c1-22(2,3)19-11-18(26-27-19)20-15-12-23-9-8-13(15)10-17(24-20)21-14-6-4-5-7-16(14)25-28-21/h4-12H,1-3H3,(H,25,28)(H,26,27). The van der Waals surface area contributed by atoms with Crippen LogP contribution in [0.1, 0.15) is 26.5 Å². The highest BCUT2D eigenvalue weighted by Crippen LogP contribution is 2.33. The Labute approximate surface area is 162 Å². The zero-order valence-electron chi connectivity index (χ0n) is 16.0. The van der Waals surface area contributed by atoms with Crippen LogP contribution in [0.5, 0.6) is 0 Å². The molecule has 0 amide bonds. The quantitative estimate of drug-likeness (QED) is 0.466. The summed E-state index contributed by atoms with van der Waals surface area (Å²) in [4.78, 5) is 9.25. The SMILES string of the molecule is CC(C)(C)c1cc(-c2nc(-c3n[nH]c4ccccc34)cc3ccncc23)n[nH]1. The number of hydrogen-bond donors (Lipinski definition) is 2. The maximum atomic E-state index is 4.95. The molecule has 0 saturated carbocycles. The molecule has 5 rings (SSSR count). The summed E-state index contributed by atoms with van der Waals surface area (Å²) in [5.74, 6) is 0. The van der Waals surface area contributed by atoms with Crippen molar-refractivity contribution in [1.29, 1.82) is 0 Å². The molecular weight excluding hydrogens is 348 g/mol. The second-order valence-electron chi connectivity index (χ2n) is 7.99. The van der Waals surface area contributed by atoms with Crippen LogP contribution in [0.25, 0.3) is 44.5 Å². The van der Waals surface area contributed by atoms with Crippen LogP contribution < -0.4 is 0 Å². The third-order valence-electron chi connectivity index (χ3n) is 4.98. The van der Waals surface area contributed by atoms with Crippen LogP contribution in [0.4, 0.5) is 0 Å². The van der Waals surface area contributed by atoms with Gasteiger partial charge in [-0.15, -0.1) is 0 Å². The van der Waals surface area contributed by atoms with Gasteiger partial charge in [0.1, 0.15) is 17.1 Å². The molecule has 0 saturated heterocycles. The Morgan fingerprint density at radius 3 is 2.50 bits per heavy atom. The molecule has 0 unspecified atom stereocenters. The molecule has 0 radical (unpaired) electrons. The van der Waals surface area contributed by atoms with E-state index in [2.05, 4.69) is 64.3 Å². The summed E-state index contributed by atoms with van der Waals surface area (Å²) < 4.78 is 0. The maximum Gasteiger partial charge on any atom is 0.118 e. The second kappa shape index (κ2) is 5.99. The molecule has 0 atom stereocenters. The molecule has 5 aromatic rings. The largest absolute Gasteiger partial charge is 0.281 e. The van der Waals surface area contributed by atoms with Crippen molar-refractivity contribution < 1.29 is 0 Å². The van der Waals surface area contributed by atoms with Crippen molar-refractivity contribution >= 4 is 21.7 Å². The van der Waals surface area contributed by atoms with Crippen molar-refractivity contribution in [2.24, 2.45) is 0 Å². The summed E-state index contributed by atoms with van der Waals surface area (Å²) in [5.41, 5.74) is 5.30. The van der Waals surface area contributed by atoms with Crippen molar-refractivity contribution in [1.82, 2.24) is 30.4 Å². The molecule has 0 bridgehead atoms. The van der Waals surface area contributed by atoms with Gasteiger partial charge in [-0.3, -0.25) is 15.2 Å². The normalized spacial score (nSPS) is 12.1. The highest BCUT2D eigenvalue weighted by molar-refractivity contribution is 5.98. The fourth-order valence-electron chi connectivity index (χ4n) is 3.39. The minimum atomic E-state index is -0.0185.